The van der Waals surface area contributed by atoms with Crippen LogP contribution in [-0.4, -0.2) is 115 Å². The van der Waals surface area contributed by atoms with Crippen molar-refractivity contribution in [3.8, 4) is 0 Å². The first kappa shape index (κ1) is 43.0. The highest BCUT2D eigenvalue weighted by atomic mass is 32.1. The first-order chi connectivity index (χ1) is 23.7. The molecule has 17 nitrogen and oxygen atoms in total. The molecule has 51 heavy (non-hydrogen) atoms. The van der Waals surface area contributed by atoms with Crippen LogP contribution in [0.4, 0.5) is 9.59 Å². The summed E-state index contributed by atoms with van der Waals surface area (Å²) in [4.78, 5) is 77.1. The predicted octanol–water partition coefficient (Wildman–Crippen LogP) is 4.65. The lowest BCUT2D eigenvalue weighted by molar-refractivity contribution is -0.132. The summed E-state index contributed by atoms with van der Waals surface area (Å²) >= 11 is 2.61. The van der Waals surface area contributed by atoms with Crippen molar-refractivity contribution in [3.05, 3.63) is 32.2 Å². The minimum absolute atomic E-state index is 0.0139. The van der Waals surface area contributed by atoms with Crippen LogP contribution < -0.4 is 5.90 Å². The molecule has 0 bridgehead atoms. The Labute approximate surface area is 304 Å². The number of carboxylic acids is 2. The summed E-state index contributed by atoms with van der Waals surface area (Å²) in [6, 6.07) is 0. The third-order valence-corrected chi connectivity index (χ3v) is 8.33. The fourth-order valence-corrected chi connectivity index (χ4v) is 5.53. The molecular formula is C32H48N6O11S2. The number of thiazole rings is 2. The maximum absolute atomic E-state index is 12.0. The highest BCUT2D eigenvalue weighted by molar-refractivity contribution is 7.10. The summed E-state index contributed by atoms with van der Waals surface area (Å²) in [6.45, 7) is 16.8. The van der Waals surface area contributed by atoms with Gasteiger partial charge in [0.25, 0.3) is 5.78 Å². The largest absolute Gasteiger partial charge is 0.476 e. The van der Waals surface area contributed by atoms with Crippen LogP contribution in [0.1, 0.15) is 93.4 Å². The fraction of sp³-hybridized carbons (Fsp3) is 0.625. The minimum Gasteiger partial charge on any atom is -0.476 e. The van der Waals surface area contributed by atoms with Crippen LogP contribution >= 0.6 is 22.7 Å². The van der Waals surface area contributed by atoms with Crippen LogP contribution in [0.25, 0.3) is 0 Å². The number of rotatable bonds is 7. The smallest absolute Gasteiger partial charge is 0.410 e. The van der Waals surface area contributed by atoms with Crippen molar-refractivity contribution in [1.29, 1.82) is 0 Å². The molecule has 4 N–H and O–H groups in total. The van der Waals surface area contributed by atoms with Gasteiger partial charge in [-0.05, 0) is 68.2 Å². The van der Waals surface area contributed by atoms with Gasteiger partial charge in [-0.2, -0.15) is 0 Å². The molecule has 0 atom stereocenters. The Balaban J connectivity index is 0.000000293. The van der Waals surface area contributed by atoms with Crippen LogP contribution in [0.2, 0.25) is 0 Å². The number of aryl methyl sites for hydroxylation is 2. The number of hydrogen-bond donors (Lipinski definition) is 3. The number of carbonyl (C=O) groups excluding carboxylic acids is 3. The number of carboxylic acid groups (broad SMARTS) is 2. The van der Waals surface area contributed by atoms with Crippen molar-refractivity contribution in [2.45, 2.75) is 104 Å². The number of piperidine rings is 2. The lowest BCUT2D eigenvalue weighted by Gasteiger charge is -2.32. The molecule has 0 spiro atoms. The number of ketones is 1. The van der Waals surface area contributed by atoms with E-state index in [-0.39, 0.29) is 35.8 Å². The van der Waals surface area contributed by atoms with Gasteiger partial charge in [-0.3, -0.25) is 4.79 Å². The second-order valence-electron chi connectivity index (χ2n) is 13.5. The molecule has 0 aromatic carbocycles. The number of oxime groups is 1. The molecule has 0 unspecified atom stereocenters. The van der Waals surface area contributed by atoms with Crippen molar-refractivity contribution in [2.75, 3.05) is 26.2 Å². The molecule has 19 heteroatoms. The Morgan fingerprint density at radius 2 is 1.16 bits per heavy atom. The number of aliphatic carboxylic acids is 2. The van der Waals surface area contributed by atoms with Gasteiger partial charge in [0.2, 0.25) is 5.71 Å². The highest BCUT2D eigenvalue weighted by Crippen LogP contribution is 2.19. The molecule has 2 aliphatic heterocycles. The van der Waals surface area contributed by atoms with Crippen LogP contribution in [0.15, 0.2) is 15.9 Å². The molecule has 2 aliphatic rings. The molecule has 2 aromatic heterocycles. The summed E-state index contributed by atoms with van der Waals surface area (Å²) in [7, 11) is 0. The fourth-order valence-electron chi connectivity index (χ4n) is 4.34. The lowest BCUT2D eigenvalue weighted by atomic mass is 10.1. The van der Waals surface area contributed by atoms with Crippen LogP contribution in [0.5, 0.6) is 0 Å². The van der Waals surface area contributed by atoms with E-state index < -0.39 is 28.9 Å². The van der Waals surface area contributed by atoms with E-state index in [4.69, 9.17) is 30.2 Å². The molecule has 2 aromatic rings. The third-order valence-electron chi connectivity index (χ3n) is 6.78. The zero-order valence-corrected chi connectivity index (χ0v) is 31.8. The number of carbonyl (C=O) groups is 5. The Morgan fingerprint density at radius 1 is 0.745 bits per heavy atom. The number of Topliss-reactive ketones (excluding diaryl/α,β-unsaturated/α-hetero) is 1. The highest BCUT2D eigenvalue weighted by Gasteiger charge is 2.29. The van der Waals surface area contributed by atoms with Gasteiger partial charge < -0.3 is 39.2 Å². The second kappa shape index (κ2) is 19.4. The van der Waals surface area contributed by atoms with Gasteiger partial charge in [0.05, 0.1) is 16.1 Å². The maximum Gasteiger partial charge on any atom is 0.410 e. The summed E-state index contributed by atoms with van der Waals surface area (Å²) in [5.41, 5.74) is -0.866. The number of aromatic nitrogens is 2. The summed E-state index contributed by atoms with van der Waals surface area (Å²) < 4.78 is 10.6. The molecule has 2 amide bonds. The Hall–Kier alpha value is -4.20. The van der Waals surface area contributed by atoms with Gasteiger partial charge in [-0.25, -0.2) is 35.0 Å². The number of likely N-dealkylation sites (tertiary alicyclic amines) is 2. The van der Waals surface area contributed by atoms with E-state index in [9.17, 15) is 29.1 Å². The van der Waals surface area contributed by atoms with Gasteiger partial charge in [0.1, 0.15) is 28.7 Å². The van der Waals surface area contributed by atoms with Gasteiger partial charge >= 0.3 is 24.1 Å². The SMILES string of the molecule is CC(C)(C)OC(=O)N1CCC(ON)CC1.Cc1nc(/C(=N/OC2CCN(C(=O)OC(C)(C)C)CC2)C(=O)O)cs1.Cc1nc(C(=O)C(=O)O)cs1. The van der Waals surface area contributed by atoms with Crippen LogP contribution in [0, 0.1) is 13.8 Å². The molecule has 2 saturated heterocycles. The third kappa shape index (κ3) is 15.7. The van der Waals surface area contributed by atoms with E-state index in [1.54, 1.807) is 29.0 Å². The molecule has 284 valence electrons. The van der Waals surface area contributed by atoms with Gasteiger partial charge in [-0.1, -0.05) is 5.16 Å². The van der Waals surface area contributed by atoms with Gasteiger partial charge in [-0.15, -0.1) is 22.7 Å². The number of nitrogens with zero attached hydrogens (tertiary/aromatic N) is 5. The average Bonchev–Trinajstić information content (AvgIpc) is 3.67. The Bertz CT molecular complexity index is 1510. The molecule has 0 saturated carbocycles. The van der Waals surface area contributed by atoms with E-state index in [0.717, 1.165) is 17.8 Å². The monoisotopic (exact) mass is 756 g/mol. The van der Waals surface area contributed by atoms with Crippen LogP contribution in [0.3, 0.4) is 0 Å². The van der Waals surface area contributed by atoms with E-state index in [2.05, 4.69) is 15.1 Å². The molecule has 4 heterocycles. The molecule has 2 fully saturated rings. The van der Waals surface area contributed by atoms with Crippen molar-refractivity contribution in [2.24, 2.45) is 11.1 Å². The van der Waals surface area contributed by atoms with Crippen molar-refractivity contribution >= 4 is 58.3 Å². The molecule has 0 radical (unpaired) electrons. The van der Waals surface area contributed by atoms with E-state index in [0.29, 0.717) is 49.7 Å². The Kier molecular flexibility index (Phi) is 16.4. The van der Waals surface area contributed by atoms with E-state index >= 15 is 0 Å². The van der Waals surface area contributed by atoms with Gasteiger partial charge in [0.15, 0.2) is 0 Å². The number of ether oxygens (including phenoxy) is 2. The number of nitrogens with two attached hydrogens (primary N) is 1. The standard InChI is InChI=1S/C16H23N3O5S.C10H20N2O3.C6H5NO3S/c1-10-17-12(9-25-10)13(14(20)21)18-24-11-5-7-19(8-6-11)15(22)23-16(2,3)4;1-10(2,3)14-9(13)12-6-4-8(15-11)5-7-12;1-3-7-4(2-11-3)5(8)6(9)10/h9,11H,5-8H2,1-4H3,(H,20,21);8H,4-7,11H2,1-3H3;2H,1H3,(H,9,10)/b18-13-;;. The lowest BCUT2D eigenvalue weighted by Crippen LogP contribution is -2.43. The molecule has 0 aliphatic carbocycles. The maximum atomic E-state index is 12.0. The molecule has 4 rings (SSSR count). The predicted molar refractivity (Wildman–Crippen MR) is 188 cm³/mol. The zero-order valence-electron chi connectivity index (χ0n) is 30.2. The normalized spacial score (nSPS) is 15.8. The number of hydrogen-bond acceptors (Lipinski definition) is 15. The van der Waals surface area contributed by atoms with Crippen molar-refractivity contribution < 1.29 is 53.3 Å². The molecular weight excluding hydrogens is 709 g/mol. The zero-order chi connectivity index (χ0) is 38.5. The first-order valence-electron chi connectivity index (χ1n) is 16.1. The topological polar surface area (TPSA) is 233 Å². The van der Waals surface area contributed by atoms with Crippen molar-refractivity contribution in [1.82, 2.24) is 19.8 Å². The van der Waals surface area contributed by atoms with Crippen LogP contribution in [-0.2, 0) is 28.7 Å². The second-order valence-corrected chi connectivity index (χ2v) is 15.6. The summed E-state index contributed by atoms with van der Waals surface area (Å²) in [5, 5.41) is 25.8. The van der Waals surface area contributed by atoms with Gasteiger partial charge in [0, 0.05) is 49.8 Å². The summed E-state index contributed by atoms with van der Waals surface area (Å²) in [5.74, 6) is 1.50. The summed E-state index contributed by atoms with van der Waals surface area (Å²) in [6.07, 6.45) is 1.90. The number of amides is 2. The average molecular weight is 757 g/mol. The van der Waals surface area contributed by atoms with E-state index in [1.807, 2.05) is 41.5 Å². The quantitative estimate of drug-likeness (QED) is 0.151. The minimum atomic E-state index is -1.46. The van der Waals surface area contributed by atoms with Crippen molar-refractivity contribution in [3.63, 3.8) is 0 Å². The Morgan fingerprint density at radius 3 is 1.49 bits per heavy atom. The first-order valence-corrected chi connectivity index (χ1v) is 17.9. The van der Waals surface area contributed by atoms with E-state index in [1.165, 1.54) is 28.1 Å².